The van der Waals surface area contributed by atoms with Crippen LogP contribution in [0.2, 0.25) is 0 Å². The Morgan fingerprint density at radius 3 is 2.77 bits per heavy atom. The largest absolute Gasteiger partial charge is 0.313 e. The summed E-state index contributed by atoms with van der Waals surface area (Å²) < 4.78 is 1.40. The molecule has 0 amide bonds. The van der Waals surface area contributed by atoms with Crippen molar-refractivity contribution < 1.29 is 0 Å². The van der Waals surface area contributed by atoms with Gasteiger partial charge >= 0.3 is 0 Å². The van der Waals surface area contributed by atoms with Crippen molar-refractivity contribution in [3.05, 3.63) is 19.9 Å². The van der Waals surface area contributed by atoms with Gasteiger partial charge in [-0.25, -0.2) is 0 Å². The number of nitrogens with one attached hydrogen (secondary N) is 1. The zero-order valence-corrected chi connectivity index (χ0v) is 10.7. The number of hydrogen-bond donors (Lipinski definition) is 1. The molecule has 2 rings (SSSR count). The Balaban J connectivity index is 2.11. The van der Waals surface area contributed by atoms with Gasteiger partial charge < -0.3 is 5.32 Å². The monoisotopic (exact) mass is 307 g/mol. The molecule has 1 heterocycles. The highest BCUT2D eigenvalue weighted by atomic mass is 127. The quantitative estimate of drug-likeness (QED) is 0.844. The molecule has 3 heteroatoms. The second-order valence-corrected chi connectivity index (χ2v) is 6.45. The topological polar surface area (TPSA) is 12.0 Å². The van der Waals surface area contributed by atoms with Crippen LogP contribution in [0.5, 0.6) is 0 Å². The predicted octanol–water partition coefficient (Wildman–Crippen LogP) is 3.41. The number of hydrogen-bond acceptors (Lipinski definition) is 2. The maximum absolute atomic E-state index is 3.44. The third-order valence-electron chi connectivity index (χ3n) is 2.88. The van der Waals surface area contributed by atoms with E-state index in [4.69, 9.17) is 0 Å². The third kappa shape index (κ3) is 2.07. The average molecular weight is 307 g/mol. The van der Waals surface area contributed by atoms with E-state index in [9.17, 15) is 0 Å². The first-order valence-electron chi connectivity index (χ1n) is 4.72. The van der Waals surface area contributed by atoms with Crippen molar-refractivity contribution in [2.75, 3.05) is 7.05 Å². The summed E-state index contributed by atoms with van der Waals surface area (Å²) in [4.78, 5) is 0. The van der Waals surface area contributed by atoms with Crippen LogP contribution in [0, 0.1) is 8.80 Å². The number of halogens is 1. The zero-order valence-electron chi connectivity index (χ0n) is 7.72. The Bertz CT molecular complexity index is 280. The fourth-order valence-electron chi connectivity index (χ4n) is 1.93. The second kappa shape index (κ2) is 4.28. The summed E-state index contributed by atoms with van der Waals surface area (Å²) in [6.07, 6.45) is 4.22. The molecule has 0 aliphatic heterocycles. The van der Waals surface area contributed by atoms with Crippen molar-refractivity contribution in [2.45, 2.75) is 25.3 Å². The van der Waals surface area contributed by atoms with Crippen molar-refractivity contribution in [3.63, 3.8) is 0 Å². The maximum atomic E-state index is 3.44. The minimum Gasteiger partial charge on any atom is -0.313 e. The maximum Gasteiger partial charge on any atom is 0.0656 e. The fourth-order valence-corrected chi connectivity index (χ4v) is 3.34. The van der Waals surface area contributed by atoms with Gasteiger partial charge in [0.05, 0.1) is 2.88 Å². The lowest BCUT2D eigenvalue weighted by Gasteiger charge is -2.33. The van der Waals surface area contributed by atoms with Gasteiger partial charge in [-0.05, 0) is 65.4 Å². The number of thiophene rings is 1. The Morgan fingerprint density at radius 1 is 1.62 bits per heavy atom. The molecule has 1 atom stereocenters. The molecule has 1 N–H and O–H groups in total. The molecule has 0 spiro atoms. The van der Waals surface area contributed by atoms with Gasteiger partial charge in [0.2, 0.25) is 0 Å². The van der Waals surface area contributed by atoms with Crippen LogP contribution in [0.3, 0.4) is 0 Å². The highest BCUT2D eigenvalue weighted by Crippen LogP contribution is 2.38. The summed E-state index contributed by atoms with van der Waals surface area (Å²) in [7, 11) is 2.08. The molecule has 1 aromatic rings. The summed E-state index contributed by atoms with van der Waals surface area (Å²) in [5.74, 6) is 0.885. The third-order valence-corrected chi connectivity index (χ3v) is 4.69. The number of rotatable bonds is 3. The van der Waals surface area contributed by atoms with E-state index in [1.54, 1.807) is 0 Å². The van der Waals surface area contributed by atoms with Gasteiger partial charge in [0.1, 0.15) is 0 Å². The molecular weight excluding hydrogens is 293 g/mol. The van der Waals surface area contributed by atoms with E-state index in [1.165, 1.54) is 27.7 Å². The van der Waals surface area contributed by atoms with Crippen molar-refractivity contribution in [2.24, 2.45) is 5.92 Å². The summed E-state index contributed by atoms with van der Waals surface area (Å²) in [5, 5.41) is 5.73. The van der Waals surface area contributed by atoms with E-state index < -0.39 is 0 Å². The molecule has 1 nitrogen and oxygen atoms in total. The first kappa shape index (κ1) is 9.93. The summed E-state index contributed by atoms with van der Waals surface area (Å²) in [5.41, 5.74) is 1.49. The molecule has 1 aliphatic carbocycles. The first-order chi connectivity index (χ1) is 6.31. The van der Waals surface area contributed by atoms with Crippen LogP contribution in [0.4, 0.5) is 0 Å². The van der Waals surface area contributed by atoms with Gasteiger partial charge in [0, 0.05) is 6.04 Å². The van der Waals surface area contributed by atoms with Crippen molar-refractivity contribution >= 4 is 33.9 Å². The molecule has 1 fully saturated rings. The van der Waals surface area contributed by atoms with Crippen LogP contribution in [0.15, 0.2) is 11.4 Å². The van der Waals surface area contributed by atoms with Crippen molar-refractivity contribution in [1.82, 2.24) is 5.32 Å². The highest BCUT2D eigenvalue weighted by Gasteiger charge is 2.27. The SMILES string of the molecule is CNC(c1csc(I)c1)C1CCC1. The molecule has 13 heavy (non-hydrogen) atoms. The van der Waals surface area contributed by atoms with E-state index in [-0.39, 0.29) is 0 Å². The Labute approximate surface area is 97.1 Å². The van der Waals surface area contributed by atoms with Gasteiger partial charge in [-0.2, -0.15) is 0 Å². The van der Waals surface area contributed by atoms with E-state index in [2.05, 4.69) is 46.4 Å². The normalized spacial score (nSPS) is 19.8. The van der Waals surface area contributed by atoms with E-state index in [0.29, 0.717) is 6.04 Å². The molecule has 0 radical (unpaired) electrons. The van der Waals surface area contributed by atoms with Crippen LogP contribution in [-0.2, 0) is 0 Å². The summed E-state index contributed by atoms with van der Waals surface area (Å²) in [6.45, 7) is 0. The zero-order chi connectivity index (χ0) is 9.26. The second-order valence-electron chi connectivity index (χ2n) is 3.64. The van der Waals surface area contributed by atoms with Crippen molar-refractivity contribution in [1.29, 1.82) is 0 Å². The smallest absolute Gasteiger partial charge is 0.0656 e. The lowest BCUT2D eigenvalue weighted by molar-refractivity contribution is 0.240. The average Bonchev–Trinajstić information content (AvgIpc) is 2.43. The van der Waals surface area contributed by atoms with Crippen LogP contribution in [0.25, 0.3) is 0 Å². The van der Waals surface area contributed by atoms with Crippen LogP contribution in [0.1, 0.15) is 30.9 Å². The van der Waals surface area contributed by atoms with E-state index in [0.717, 1.165) is 5.92 Å². The molecular formula is C10H14INS. The lowest BCUT2D eigenvalue weighted by atomic mass is 9.78. The summed E-state index contributed by atoms with van der Waals surface area (Å²) in [6, 6.07) is 2.92. The molecule has 1 aromatic heterocycles. The molecule has 1 unspecified atom stereocenters. The Kier molecular flexibility index (Phi) is 3.26. The van der Waals surface area contributed by atoms with E-state index in [1.807, 2.05) is 11.3 Å². The molecule has 72 valence electrons. The molecule has 0 bridgehead atoms. The fraction of sp³-hybridized carbons (Fsp3) is 0.600. The van der Waals surface area contributed by atoms with Gasteiger partial charge in [-0.3, -0.25) is 0 Å². The van der Waals surface area contributed by atoms with Crippen LogP contribution >= 0.6 is 33.9 Å². The minimum absolute atomic E-state index is 0.605. The predicted molar refractivity (Wildman–Crippen MR) is 66.2 cm³/mol. The molecule has 0 aromatic carbocycles. The Morgan fingerprint density at radius 2 is 2.38 bits per heavy atom. The van der Waals surface area contributed by atoms with Crippen molar-refractivity contribution in [3.8, 4) is 0 Å². The highest BCUT2D eigenvalue weighted by molar-refractivity contribution is 14.1. The molecule has 0 saturated heterocycles. The van der Waals surface area contributed by atoms with Crippen LogP contribution in [-0.4, -0.2) is 7.05 Å². The molecule has 1 saturated carbocycles. The molecule has 1 aliphatic rings. The van der Waals surface area contributed by atoms with Gasteiger partial charge in [0.15, 0.2) is 0 Å². The standard InChI is InChI=1S/C10H14INS/c1-12-10(7-3-2-4-7)8-5-9(11)13-6-8/h5-7,10,12H,2-4H2,1H3. The Hall–Kier alpha value is 0.390. The van der Waals surface area contributed by atoms with Gasteiger partial charge in [-0.1, -0.05) is 6.42 Å². The summed E-state index contributed by atoms with van der Waals surface area (Å²) >= 11 is 4.24. The minimum atomic E-state index is 0.605. The van der Waals surface area contributed by atoms with E-state index >= 15 is 0 Å². The lowest BCUT2D eigenvalue weighted by Crippen LogP contribution is -2.29. The van der Waals surface area contributed by atoms with Crippen LogP contribution < -0.4 is 5.32 Å². The van der Waals surface area contributed by atoms with Gasteiger partial charge in [0.25, 0.3) is 0 Å². The van der Waals surface area contributed by atoms with Gasteiger partial charge in [-0.15, -0.1) is 11.3 Å². The first-order valence-corrected chi connectivity index (χ1v) is 6.68.